The Kier molecular flexibility index (Phi) is 7.07. The van der Waals surface area contributed by atoms with Crippen molar-refractivity contribution < 1.29 is 18.0 Å². The summed E-state index contributed by atoms with van der Waals surface area (Å²) in [6.45, 7) is 0.584. The van der Waals surface area contributed by atoms with Crippen molar-refractivity contribution in [3.05, 3.63) is 99.9 Å². The monoisotopic (exact) mass is 583 g/mol. The molecule has 4 aromatic rings. The van der Waals surface area contributed by atoms with E-state index < -0.39 is 16.3 Å². The minimum atomic E-state index is -3.62. The van der Waals surface area contributed by atoms with Gasteiger partial charge in [0, 0.05) is 22.8 Å². The molecule has 210 valence electrons. The molecular formula is C34H33NO4S2. The van der Waals surface area contributed by atoms with E-state index in [-0.39, 0.29) is 0 Å². The van der Waals surface area contributed by atoms with Gasteiger partial charge in [0.15, 0.2) is 6.29 Å². The number of ether oxygens (including phenoxy) is 1. The number of nitrogens with zero attached hydrogens (tertiary/aromatic N) is 1. The molecule has 7 rings (SSSR count). The Hall–Kier alpha value is -3.23. The lowest BCUT2D eigenvalue weighted by atomic mass is 9.78. The van der Waals surface area contributed by atoms with Crippen molar-refractivity contribution in [3.8, 4) is 21.6 Å². The van der Waals surface area contributed by atoms with Crippen LogP contribution in [0.25, 0.3) is 33.2 Å². The van der Waals surface area contributed by atoms with Crippen LogP contribution >= 0.6 is 11.3 Å². The number of hydrogen-bond donors (Lipinski definition) is 0. The van der Waals surface area contributed by atoms with Crippen molar-refractivity contribution in [1.29, 1.82) is 0 Å². The lowest BCUT2D eigenvalue weighted by Gasteiger charge is -2.29. The number of sulfonamides is 1. The fraction of sp³-hybridized carbons (Fsp3) is 0.294. The summed E-state index contributed by atoms with van der Waals surface area (Å²) in [5.74, 6) is 0. The molecule has 1 aliphatic heterocycles. The average molecular weight is 584 g/mol. The molecule has 5 nitrogen and oxygen atoms in total. The van der Waals surface area contributed by atoms with Gasteiger partial charge in [-0.1, -0.05) is 54.6 Å². The van der Waals surface area contributed by atoms with E-state index >= 15 is 0 Å². The van der Waals surface area contributed by atoms with E-state index in [0.29, 0.717) is 18.7 Å². The zero-order chi connectivity index (χ0) is 28.0. The van der Waals surface area contributed by atoms with Crippen molar-refractivity contribution in [1.82, 2.24) is 0 Å². The second-order valence-electron chi connectivity index (χ2n) is 11.1. The summed E-state index contributed by atoms with van der Waals surface area (Å²) >= 11 is 1.78. The zero-order valence-corrected chi connectivity index (χ0v) is 24.8. The minimum absolute atomic E-state index is 0.472. The molecule has 41 heavy (non-hydrogen) atoms. The molecule has 0 spiro atoms. The maximum absolute atomic E-state index is 12.5. The van der Waals surface area contributed by atoms with Crippen LogP contribution in [0.3, 0.4) is 0 Å². The van der Waals surface area contributed by atoms with E-state index in [9.17, 15) is 8.42 Å². The number of benzene rings is 3. The molecule has 1 fully saturated rings. The van der Waals surface area contributed by atoms with Crippen molar-refractivity contribution >= 4 is 38.7 Å². The molecular weight excluding hydrogens is 551 g/mol. The van der Waals surface area contributed by atoms with Crippen molar-refractivity contribution in [2.75, 3.05) is 17.3 Å². The summed E-state index contributed by atoms with van der Waals surface area (Å²) in [5, 5.41) is 0. The van der Waals surface area contributed by atoms with E-state index in [1.807, 2.05) is 12.1 Å². The molecule has 1 atom stereocenters. The van der Waals surface area contributed by atoms with E-state index in [1.165, 1.54) is 43.8 Å². The Bertz CT molecular complexity index is 1730. The van der Waals surface area contributed by atoms with Gasteiger partial charge >= 0.3 is 0 Å². The number of aryl methyl sites for hydroxylation is 1. The van der Waals surface area contributed by atoms with Gasteiger partial charge in [0.25, 0.3) is 10.0 Å². The fourth-order valence-electron chi connectivity index (χ4n) is 6.30. The Labute approximate surface area is 246 Å². The highest BCUT2D eigenvalue weighted by Gasteiger charge is 2.26. The molecule has 0 N–H and O–H groups in total. The molecule has 0 amide bonds. The molecule has 2 heterocycles. The van der Waals surface area contributed by atoms with Gasteiger partial charge in [0.05, 0.1) is 11.9 Å². The van der Waals surface area contributed by atoms with Crippen LogP contribution in [0.1, 0.15) is 52.8 Å². The Balaban J connectivity index is 1.12. The van der Waals surface area contributed by atoms with Gasteiger partial charge in [-0.15, -0.1) is 15.8 Å². The van der Waals surface area contributed by atoms with Gasteiger partial charge < -0.3 is 4.74 Å². The van der Waals surface area contributed by atoms with Gasteiger partial charge in [0.2, 0.25) is 0 Å². The van der Waals surface area contributed by atoms with Crippen LogP contribution in [0, 0.1) is 0 Å². The second kappa shape index (κ2) is 10.9. The van der Waals surface area contributed by atoms with Crippen LogP contribution < -0.4 is 4.47 Å². The predicted octanol–water partition coefficient (Wildman–Crippen LogP) is 7.89. The molecule has 2 aliphatic carbocycles. The van der Waals surface area contributed by atoms with Gasteiger partial charge in [0.1, 0.15) is 0 Å². The lowest BCUT2D eigenvalue weighted by Crippen LogP contribution is -2.37. The topological polar surface area (TPSA) is 55.8 Å². The third kappa shape index (κ3) is 5.28. The van der Waals surface area contributed by atoms with Gasteiger partial charge in [-0.3, -0.25) is 0 Å². The summed E-state index contributed by atoms with van der Waals surface area (Å²) in [7, 11) is -3.62. The number of fused-ring (bicyclic) bond motifs is 5. The molecule has 1 unspecified atom stereocenters. The first-order chi connectivity index (χ1) is 19.9. The Morgan fingerprint density at radius 3 is 2.44 bits per heavy atom. The first-order valence-electron chi connectivity index (χ1n) is 14.4. The maximum Gasteiger partial charge on any atom is 0.254 e. The van der Waals surface area contributed by atoms with E-state index in [4.69, 9.17) is 9.57 Å². The summed E-state index contributed by atoms with van der Waals surface area (Å²) < 4.78 is 31.6. The van der Waals surface area contributed by atoms with Gasteiger partial charge in [-0.25, -0.2) is 13.3 Å². The number of rotatable bonds is 6. The molecule has 3 aliphatic rings. The van der Waals surface area contributed by atoms with Crippen LogP contribution in [-0.4, -0.2) is 27.6 Å². The minimum Gasteiger partial charge on any atom is -0.350 e. The van der Waals surface area contributed by atoms with E-state index in [1.54, 1.807) is 23.5 Å². The highest BCUT2D eigenvalue weighted by Crippen LogP contribution is 2.42. The van der Waals surface area contributed by atoms with Crippen molar-refractivity contribution in [3.63, 3.8) is 0 Å². The summed E-state index contributed by atoms with van der Waals surface area (Å²) in [5.41, 5.74) is 11.6. The Morgan fingerprint density at radius 1 is 0.829 bits per heavy atom. The molecule has 3 aromatic carbocycles. The SMILES string of the molecule is CS(=O)(=O)N(OC1CCCCO1)c1ccc(-c2ccc(C3=Cc4ccc5c(c4CC3)CCc3ccccc3-5)s2)cc1. The van der Waals surface area contributed by atoms with Gasteiger partial charge in [-0.2, -0.15) is 0 Å². The van der Waals surface area contributed by atoms with Crippen LogP contribution in [0.15, 0.2) is 72.8 Å². The molecule has 0 saturated carbocycles. The van der Waals surface area contributed by atoms with Crippen LogP contribution in [0.5, 0.6) is 0 Å². The third-order valence-corrected chi connectivity index (χ3v) is 10.4. The normalized spacial score (nSPS) is 18.2. The third-order valence-electron chi connectivity index (χ3n) is 8.33. The smallest absolute Gasteiger partial charge is 0.254 e. The lowest BCUT2D eigenvalue weighted by molar-refractivity contribution is -0.158. The molecule has 0 bridgehead atoms. The number of thiophene rings is 1. The molecule has 1 saturated heterocycles. The molecule has 0 radical (unpaired) electrons. The first kappa shape index (κ1) is 26.7. The van der Waals surface area contributed by atoms with Gasteiger partial charge in [-0.05, 0) is 107 Å². The van der Waals surface area contributed by atoms with Crippen LogP contribution in [0.4, 0.5) is 5.69 Å². The summed E-state index contributed by atoms with van der Waals surface area (Å²) in [6, 6.07) is 25.3. The van der Waals surface area contributed by atoms with E-state index in [2.05, 4.69) is 54.6 Å². The standard InChI is InChI=1S/C34H33NO4S2/c1-41(36,37)35(39-34-8-4-5-21-38-34)27-14-9-24(10-15-27)32-19-20-33(40-32)26-13-16-29-25(22-26)12-18-30-28-7-3-2-6-23(28)11-17-31(29)30/h2-3,6-7,9-10,12,14-15,18-20,22,34H,4-5,8,11,13,16-17,21H2,1H3. The number of hydrogen-bond acceptors (Lipinski definition) is 5. The molecule has 1 aromatic heterocycles. The second-order valence-corrected chi connectivity index (χ2v) is 14.0. The van der Waals surface area contributed by atoms with Crippen molar-refractivity contribution in [2.45, 2.75) is 51.2 Å². The quantitative estimate of drug-likeness (QED) is 0.217. The van der Waals surface area contributed by atoms with Crippen molar-refractivity contribution in [2.24, 2.45) is 0 Å². The largest absolute Gasteiger partial charge is 0.350 e. The first-order valence-corrected chi connectivity index (χ1v) is 17.0. The maximum atomic E-state index is 12.5. The van der Waals surface area contributed by atoms with Crippen LogP contribution in [-0.2, 0) is 38.9 Å². The predicted molar refractivity (Wildman–Crippen MR) is 167 cm³/mol. The van der Waals surface area contributed by atoms with Crippen LogP contribution in [0.2, 0.25) is 0 Å². The Morgan fingerprint density at radius 2 is 1.63 bits per heavy atom. The number of anilines is 1. The highest BCUT2D eigenvalue weighted by molar-refractivity contribution is 7.91. The summed E-state index contributed by atoms with van der Waals surface area (Å²) in [4.78, 5) is 8.21. The molecule has 7 heteroatoms. The fourth-order valence-corrected chi connectivity index (χ4v) is 8.11. The van der Waals surface area contributed by atoms with E-state index in [0.717, 1.165) is 59.7 Å². The average Bonchev–Trinajstić information content (AvgIpc) is 3.50. The number of allylic oxidation sites excluding steroid dienone is 1. The highest BCUT2D eigenvalue weighted by atomic mass is 32.2. The zero-order valence-electron chi connectivity index (χ0n) is 23.1. The summed E-state index contributed by atoms with van der Waals surface area (Å²) in [6.07, 6.45) is 9.93.